The minimum absolute atomic E-state index is 0.162. The van der Waals surface area contributed by atoms with E-state index in [0.29, 0.717) is 23.9 Å². The molecule has 5 heteroatoms. The van der Waals surface area contributed by atoms with Gasteiger partial charge in [0.15, 0.2) is 0 Å². The Bertz CT molecular complexity index is 601. The third-order valence-corrected chi connectivity index (χ3v) is 2.87. The van der Waals surface area contributed by atoms with Crippen molar-refractivity contribution in [3.63, 3.8) is 0 Å². The van der Waals surface area contributed by atoms with Gasteiger partial charge >= 0.3 is 5.97 Å². The molecular weight excluding hydrogens is 278 g/mol. The number of carbonyl (C=O) groups is 1. The minimum atomic E-state index is -0.997. The molecule has 0 unspecified atom stereocenters. The maximum Gasteiger partial charge on any atom is 0.339 e. The number of anilines is 1. The molecule has 0 heterocycles. The summed E-state index contributed by atoms with van der Waals surface area (Å²) in [5, 5.41) is 12.8. The predicted octanol–water partition coefficient (Wildman–Crippen LogP) is 3.53. The fourth-order valence-electron chi connectivity index (χ4n) is 1.72. The monoisotopic (exact) mass is 291 g/mol. The number of nitrogens with one attached hydrogen (secondary N) is 1. The molecular formula is C15H14ClNO3. The number of benzene rings is 2. The molecule has 0 saturated carbocycles. The number of hydrogen-bond acceptors (Lipinski definition) is 3. The summed E-state index contributed by atoms with van der Waals surface area (Å²) < 4.78 is 5.47. The highest BCUT2D eigenvalue weighted by Crippen LogP contribution is 2.18. The molecule has 0 saturated heterocycles. The van der Waals surface area contributed by atoms with E-state index in [9.17, 15) is 4.79 Å². The highest BCUT2D eigenvalue weighted by Gasteiger charge is 2.09. The summed E-state index contributed by atoms with van der Waals surface area (Å²) in [6, 6.07) is 13.9. The summed E-state index contributed by atoms with van der Waals surface area (Å²) in [5.41, 5.74) is 1.06. The molecule has 104 valence electrons. The van der Waals surface area contributed by atoms with Crippen molar-refractivity contribution < 1.29 is 14.6 Å². The van der Waals surface area contributed by atoms with E-state index in [2.05, 4.69) is 5.32 Å². The van der Waals surface area contributed by atoms with Crippen molar-refractivity contribution in [1.29, 1.82) is 0 Å². The predicted molar refractivity (Wildman–Crippen MR) is 78.8 cm³/mol. The van der Waals surface area contributed by atoms with Gasteiger partial charge in [0.25, 0.3) is 0 Å². The fraction of sp³-hybridized carbons (Fsp3) is 0.133. The van der Waals surface area contributed by atoms with Crippen LogP contribution in [0.25, 0.3) is 0 Å². The van der Waals surface area contributed by atoms with Crippen LogP contribution in [0.4, 0.5) is 5.69 Å². The maximum atomic E-state index is 11.0. The first-order chi connectivity index (χ1) is 9.66. The maximum absolute atomic E-state index is 11.0. The number of halogens is 1. The van der Waals surface area contributed by atoms with Crippen LogP contribution in [0.3, 0.4) is 0 Å². The molecule has 0 atom stereocenters. The number of carboxylic acids is 1. The molecule has 2 aromatic rings. The lowest BCUT2D eigenvalue weighted by Gasteiger charge is -2.10. The Morgan fingerprint density at radius 1 is 1.20 bits per heavy atom. The lowest BCUT2D eigenvalue weighted by molar-refractivity contribution is 0.0692. The Hall–Kier alpha value is -2.20. The largest absolute Gasteiger partial charge is 0.491 e. The fourth-order valence-corrected chi connectivity index (χ4v) is 1.91. The molecule has 0 spiro atoms. The summed E-state index contributed by atoms with van der Waals surface area (Å²) in [7, 11) is 0. The van der Waals surface area contributed by atoms with Crippen LogP contribution in [0.2, 0.25) is 5.02 Å². The molecule has 0 aromatic heterocycles. The van der Waals surface area contributed by atoms with Crippen LogP contribution >= 0.6 is 11.6 Å². The van der Waals surface area contributed by atoms with Gasteiger partial charge in [-0.15, -0.1) is 0 Å². The first kappa shape index (κ1) is 14.2. The van der Waals surface area contributed by atoms with E-state index in [1.54, 1.807) is 24.3 Å². The van der Waals surface area contributed by atoms with Crippen LogP contribution in [0.15, 0.2) is 48.5 Å². The second-order valence-electron chi connectivity index (χ2n) is 4.09. The molecule has 0 fully saturated rings. The van der Waals surface area contributed by atoms with E-state index in [4.69, 9.17) is 21.4 Å². The lowest BCUT2D eigenvalue weighted by atomic mass is 10.2. The minimum Gasteiger partial charge on any atom is -0.491 e. The molecule has 0 amide bonds. The Morgan fingerprint density at radius 2 is 2.00 bits per heavy atom. The number of hydrogen-bond donors (Lipinski definition) is 2. The van der Waals surface area contributed by atoms with Crippen molar-refractivity contribution in [2.24, 2.45) is 0 Å². The number of ether oxygens (including phenoxy) is 1. The average Bonchev–Trinajstić information content (AvgIpc) is 2.44. The Balaban J connectivity index is 1.86. The second kappa shape index (κ2) is 6.82. The van der Waals surface area contributed by atoms with Crippen LogP contribution in [-0.2, 0) is 0 Å². The average molecular weight is 292 g/mol. The highest BCUT2D eigenvalue weighted by atomic mass is 35.5. The first-order valence-corrected chi connectivity index (χ1v) is 6.49. The van der Waals surface area contributed by atoms with E-state index < -0.39 is 5.97 Å². The zero-order chi connectivity index (χ0) is 14.4. The van der Waals surface area contributed by atoms with Gasteiger partial charge in [0.1, 0.15) is 17.9 Å². The van der Waals surface area contributed by atoms with Gasteiger partial charge in [0.05, 0.1) is 0 Å². The quantitative estimate of drug-likeness (QED) is 0.799. The van der Waals surface area contributed by atoms with Crippen molar-refractivity contribution >= 4 is 23.3 Å². The van der Waals surface area contributed by atoms with Gasteiger partial charge in [-0.1, -0.05) is 29.8 Å². The molecule has 0 aliphatic heterocycles. The van der Waals surface area contributed by atoms with E-state index in [0.717, 1.165) is 5.69 Å². The van der Waals surface area contributed by atoms with Crippen molar-refractivity contribution in [2.45, 2.75) is 0 Å². The first-order valence-electron chi connectivity index (χ1n) is 6.11. The number of carboxylic acid groups (broad SMARTS) is 1. The molecule has 2 rings (SSSR count). The molecule has 20 heavy (non-hydrogen) atoms. The number of aromatic carboxylic acids is 1. The van der Waals surface area contributed by atoms with Gasteiger partial charge in [-0.3, -0.25) is 0 Å². The van der Waals surface area contributed by atoms with Crippen LogP contribution in [0.1, 0.15) is 10.4 Å². The third kappa shape index (κ3) is 3.90. The zero-order valence-electron chi connectivity index (χ0n) is 10.7. The second-order valence-corrected chi connectivity index (χ2v) is 4.52. The summed E-state index contributed by atoms with van der Waals surface area (Å²) in [6.45, 7) is 0.908. The van der Waals surface area contributed by atoms with Gasteiger partial charge in [-0.05, 0) is 30.3 Å². The third-order valence-electron chi connectivity index (χ3n) is 2.63. The Morgan fingerprint density at radius 3 is 2.75 bits per heavy atom. The van der Waals surface area contributed by atoms with E-state index in [1.807, 2.05) is 18.2 Å². The van der Waals surface area contributed by atoms with Crippen molar-refractivity contribution in [3.8, 4) is 5.75 Å². The summed E-state index contributed by atoms with van der Waals surface area (Å²) in [5.74, 6) is -0.628. The van der Waals surface area contributed by atoms with Gasteiger partial charge in [-0.25, -0.2) is 4.79 Å². The molecule has 4 nitrogen and oxygen atoms in total. The smallest absolute Gasteiger partial charge is 0.339 e. The topological polar surface area (TPSA) is 58.6 Å². The van der Waals surface area contributed by atoms with Crippen molar-refractivity contribution in [3.05, 3.63) is 59.1 Å². The Labute approximate surface area is 122 Å². The van der Waals surface area contributed by atoms with Crippen LogP contribution < -0.4 is 10.1 Å². The normalized spacial score (nSPS) is 10.1. The number of rotatable bonds is 6. The SMILES string of the molecule is O=C(O)c1ccccc1OCCNc1cccc(Cl)c1. The highest BCUT2D eigenvalue weighted by molar-refractivity contribution is 6.30. The number of para-hydroxylation sites is 1. The van der Waals surface area contributed by atoms with Gasteiger partial charge in [0, 0.05) is 17.3 Å². The van der Waals surface area contributed by atoms with Crippen LogP contribution in [-0.4, -0.2) is 24.2 Å². The molecule has 0 aliphatic carbocycles. The molecule has 0 bridgehead atoms. The van der Waals surface area contributed by atoms with E-state index >= 15 is 0 Å². The van der Waals surface area contributed by atoms with Gasteiger partial charge < -0.3 is 15.2 Å². The van der Waals surface area contributed by atoms with Crippen LogP contribution in [0.5, 0.6) is 5.75 Å². The lowest BCUT2D eigenvalue weighted by Crippen LogP contribution is -2.13. The molecule has 0 aliphatic rings. The molecule has 2 aromatic carbocycles. The Kier molecular flexibility index (Phi) is 4.85. The van der Waals surface area contributed by atoms with E-state index in [1.165, 1.54) is 6.07 Å². The molecule has 2 N–H and O–H groups in total. The summed E-state index contributed by atoms with van der Waals surface area (Å²) >= 11 is 5.87. The van der Waals surface area contributed by atoms with Crippen LogP contribution in [0, 0.1) is 0 Å². The summed E-state index contributed by atoms with van der Waals surface area (Å²) in [4.78, 5) is 11.0. The van der Waals surface area contributed by atoms with Gasteiger partial charge in [-0.2, -0.15) is 0 Å². The molecule has 0 radical (unpaired) electrons. The van der Waals surface area contributed by atoms with Gasteiger partial charge in [0.2, 0.25) is 0 Å². The van der Waals surface area contributed by atoms with Crippen molar-refractivity contribution in [2.75, 3.05) is 18.5 Å². The standard InChI is InChI=1S/C15H14ClNO3/c16-11-4-3-5-12(10-11)17-8-9-20-14-7-2-1-6-13(14)15(18)19/h1-7,10,17H,8-9H2,(H,18,19). The van der Waals surface area contributed by atoms with Crippen molar-refractivity contribution in [1.82, 2.24) is 0 Å². The van der Waals surface area contributed by atoms with E-state index in [-0.39, 0.29) is 5.56 Å². The zero-order valence-corrected chi connectivity index (χ0v) is 11.4. The summed E-state index contributed by atoms with van der Waals surface area (Å²) in [6.07, 6.45) is 0.